The van der Waals surface area contributed by atoms with Gasteiger partial charge in [-0.3, -0.25) is 0 Å². The first-order chi connectivity index (χ1) is 14.5. The summed E-state index contributed by atoms with van der Waals surface area (Å²) >= 11 is 4.93. The summed E-state index contributed by atoms with van der Waals surface area (Å²) in [5.74, 6) is 0.552. The number of nitrogens with one attached hydrogen (secondary N) is 1. The van der Waals surface area contributed by atoms with Crippen LogP contribution in [0.3, 0.4) is 0 Å². The first-order valence-corrected chi connectivity index (χ1v) is 13.7. The lowest BCUT2D eigenvalue weighted by Gasteiger charge is -2.34. The molecule has 0 unspecified atom stereocenters. The number of aromatic nitrogens is 2. The zero-order valence-corrected chi connectivity index (χ0v) is 20.9. The predicted octanol–water partition coefficient (Wildman–Crippen LogP) is 4.13. The summed E-state index contributed by atoms with van der Waals surface area (Å²) in [6.07, 6.45) is 4.77. The van der Waals surface area contributed by atoms with E-state index >= 15 is 0 Å². The van der Waals surface area contributed by atoms with E-state index < -0.39 is 25.9 Å². The van der Waals surface area contributed by atoms with Gasteiger partial charge in [-0.1, -0.05) is 25.4 Å². The summed E-state index contributed by atoms with van der Waals surface area (Å²) in [4.78, 5) is 8.69. The molecule has 172 valence electrons. The molecule has 0 spiro atoms. The standard InChI is InChI=1S/C21H30ClN3O4S2/c1-6-18(25-30(26)21(3,4)5)16-11-24-20(17-12-23-19(22)10-15(16)17)29-13-8-14(9-13)31(27,28)7-2/h10-14,18,25H,6-9H2,1-5H3/t13?,14?,18-,30-/m0/s1. The van der Waals surface area contributed by atoms with Crippen LogP contribution in [0.25, 0.3) is 10.8 Å². The van der Waals surface area contributed by atoms with Crippen LogP contribution < -0.4 is 9.46 Å². The maximum Gasteiger partial charge on any atom is 0.223 e. The van der Waals surface area contributed by atoms with E-state index in [1.165, 1.54) is 0 Å². The molecule has 1 fully saturated rings. The number of hydrogen-bond donors (Lipinski definition) is 1. The van der Waals surface area contributed by atoms with E-state index in [1.54, 1.807) is 25.4 Å². The molecule has 0 bridgehead atoms. The first-order valence-electron chi connectivity index (χ1n) is 10.5. The molecule has 0 radical (unpaired) electrons. The van der Waals surface area contributed by atoms with Crippen molar-refractivity contribution in [1.82, 2.24) is 14.7 Å². The van der Waals surface area contributed by atoms with Crippen LogP contribution in [-0.4, -0.2) is 44.8 Å². The fraction of sp³-hybridized carbons (Fsp3) is 0.619. The van der Waals surface area contributed by atoms with Crippen molar-refractivity contribution < 1.29 is 17.7 Å². The van der Waals surface area contributed by atoms with Crippen LogP contribution in [0, 0.1) is 0 Å². The van der Waals surface area contributed by atoms with Gasteiger partial charge in [0.25, 0.3) is 0 Å². The maximum atomic E-state index is 12.7. The minimum absolute atomic E-state index is 0.143. The fourth-order valence-electron chi connectivity index (χ4n) is 3.45. The van der Waals surface area contributed by atoms with Gasteiger partial charge in [0.15, 0.2) is 9.84 Å². The SMILES string of the molecule is CC[C@H](N[S@@+]([O-])C(C)(C)C)c1cnc(OC2CC(S(=O)(=O)CC)C2)c2cnc(Cl)cc12. The van der Waals surface area contributed by atoms with Crippen molar-refractivity contribution in [3.05, 3.63) is 29.2 Å². The Morgan fingerprint density at radius 1 is 1.26 bits per heavy atom. The van der Waals surface area contributed by atoms with Crippen LogP contribution in [0.4, 0.5) is 0 Å². The Hall–Kier alpha value is -1.13. The number of hydrogen-bond acceptors (Lipinski definition) is 7. The highest BCUT2D eigenvalue weighted by Crippen LogP contribution is 2.36. The maximum absolute atomic E-state index is 12.7. The molecule has 2 heterocycles. The highest BCUT2D eigenvalue weighted by atomic mass is 35.5. The van der Waals surface area contributed by atoms with E-state index in [1.807, 2.05) is 27.7 Å². The summed E-state index contributed by atoms with van der Waals surface area (Å²) in [5.41, 5.74) is 0.867. The Balaban J connectivity index is 1.88. The summed E-state index contributed by atoms with van der Waals surface area (Å²) in [6, 6.07) is 1.57. The van der Waals surface area contributed by atoms with Crippen molar-refractivity contribution in [2.75, 3.05) is 5.75 Å². The van der Waals surface area contributed by atoms with E-state index in [0.29, 0.717) is 35.7 Å². The molecule has 0 aromatic carbocycles. The number of ether oxygens (including phenoxy) is 1. The van der Waals surface area contributed by atoms with Crippen molar-refractivity contribution in [3.63, 3.8) is 0 Å². The van der Waals surface area contributed by atoms with Gasteiger partial charge in [0, 0.05) is 47.9 Å². The lowest BCUT2D eigenvalue weighted by atomic mass is 9.95. The first kappa shape index (κ1) is 24.5. The monoisotopic (exact) mass is 487 g/mol. The van der Waals surface area contributed by atoms with Gasteiger partial charge < -0.3 is 9.29 Å². The second kappa shape index (κ2) is 9.39. The second-order valence-electron chi connectivity index (χ2n) is 8.82. The van der Waals surface area contributed by atoms with Crippen molar-refractivity contribution in [3.8, 4) is 5.88 Å². The summed E-state index contributed by atoms with van der Waals surface area (Å²) < 4.78 is 45.5. The van der Waals surface area contributed by atoms with Crippen LogP contribution in [0.1, 0.15) is 65.5 Å². The Labute approximate surface area is 192 Å². The van der Waals surface area contributed by atoms with Crippen molar-refractivity contribution in [2.24, 2.45) is 0 Å². The predicted molar refractivity (Wildman–Crippen MR) is 126 cm³/mol. The van der Waals surface area contributed by atoms with Crippen LogP contribution in [-0.2, 0) is 21.2 Å². The van der Waals surface area contributed by atoms with Gasteiger partial charge in [-0.2, -0.15) is 0 Å². The fourth-order valence-corrected chi connectivity index (χ4v) is 6.00. The summed E-state index contributed by atoms with van der Waals surface area (Å²) in [6.45, 7) is 9.43. The van der Waals surface area contributed by atoms with E-state index in [0.717, 1.165) is 10.9 Å². The molecule has 0 saturated heterocycles. The average molecular weight is 488 g/mol. The normalized spacial score (nSPS) is 21.5. The summed E-state index contributed by atoms with van der Waals surface area (Å²) in [7, 11) is -3.05. The minimum Gasteiger partial charge on any atom is -0.598 e. The third-order valence-corrected chi connectivity index (χ3v) is 9.59. The topological polar surface area (TPSA) is 104 Å². The molecule has 2 aromatic rings. The largest absolute Gasteiger partial charge is 0.598 e. The number of halogens is 1. The molecular weight excluding hydrogens is 458 g/mol. The molecule has 10 heteroatoms. The number of fused-ring (bicyclic) bond motifs is 1. The molecule has 0 aliphatic heterocycles. The Kier molecular flexibility index (Phi) is 7.42. The van der Waals surface area contributed by atoms with Crippen LogP contribution in [0.15, 0.2) is 18.5 Å². The van der Waals surface area contributed by atoms with Gasteiger partial charge in [-0.05, 0) is 38.6 Å². The molecule has 1 aliphatic rings. The summed E-state index contributed by atoms with van der Waals surface area (Å²) in [5, 5.41) is 1.52. The number of pyridine rings is 2. The van der Waals surface area contributed by atoms with E-state index in [2.05, 4.69) is 14.7 Å². The van der Waals surface area contributed by atoms with E-state index in [4.69, 9.17) is 16.3 Å². The molecule has 31 heavy (non-hydrogen) atoms. The van der Waals surface area contributed by atoms with Crippen molar-refractivity contribution in [1.29, 1.82) is 0 Å². The van der Waals surface area contributed by atoms with Crippen molar-refractivity contribution >= 4 is 43.6 Å². The lowest BCUT2D eigenvalue weighted by molar-refractivity contribution is 0.119. The highest BCUT2D eigenvalue weighted by molar-refractivity contribution is 7.92. The molecule has 1 N–H and O–H groups in total. The third kappa shape index (κ3) is 5.45. The average Bonchev–Trinajstić information content (AvgIpc) is 2.67. The van der Waals surface area contributed by atoms with E-state index in [9.17, 15) is 13.0 Å². The lowest BCUT2D eigenvalue weighted by Crippen LogP contribution is -2.43. The van der Waals surface area contributed by atoms with Gasteiger partial charge in [0.2, 0.25) is 5.88 Å². The molecule has 1 saturated carbocycles. The molecule has 3 rings (SSSR count). The molecule has 2 atom stereocenters. The smallest absolute Gasteiger partial charge is 0.223 e. The van der Waals surface area contributed by atoms with Crippen molar-refractivity contribution in [2.45, 2.75) is 76.0 Å². The van der Waals surface area contributed by atoms with Gasteiger partial charge in [0.1, 0.15) is 16.0 Å². The molecule has 1 aliphatic carbocycles. The van der Waals surface area contributed by atoms with Crippen LogP contribution >= 0.6 is 11.6 Å². The van der Waals surface area contributed by atoms with Gasteiger partial charge in [-0.25, -0.2) is 18.4 Å². The Morgan fingerprint density at radius 3 is 2.52 bits per heavy atom. The van der Waals surface area contributed by atoms with Crippen LogP contribution in [0.2, 0.25) is 5.15 Å². The van der Waals surface area contributed by atoms with E-state index in [-0.39, 0.29) is 23.1 Å². The molecule has 0 amide bonds. The number of nitrogens with zero attached hydrogens (tertiary/aromatic N) is 2. The molecule has 7 nitrogen and oxygen atoms in total. The third-order valence-electron chi connectivity index (χ3n) is 5.56. The Bertz CT molecular complexity index is 1040. The van der Waals surface area contributed by atoms with Gasteiger partial charge >= 0.3 is 0 Å². The second-order valence-corrected chi connectivity index (χ2v) is 13.8. The molecule has 2 aromatic heterocycles. The Morgan fingerprint density at radius 2 is 1.94 bits per heavy atom. The minimum atomic E-state index is -3.05. The number of rotatable bonds is 8. The molecular formula is C21H30ClN3O4S2. The number of sulfone groups is 1. The van der Waals surface area contributed by atoms with Gasteiger partial charge in [-0.15, -0.1) is 4.72 Å². The highest BCUT2D eigenvalue weighted by Gasteiger charge is 2.39. The zero-order chi connectivity index (χ0) is 23.0. The van der Waals surface area contributed by atoms with Crippen LogP contribution in [0.5, 0.6) is 5.88 Å². The zero-order valence-electron chi connectivity index (χ0n) is 18.5. The van der Waals surface area contributed by atoms with Gasteiger partial charge in [0.05, 0.1) is 16.7 Å². The quantitative estimate of drug-likeness (QED) is 0.440.